The van der Waals surface area contributed by atoms with Crippen molar-refractivity contribution < 1.29 is 18.7 Å². The molecular weight excluding hydrogens is 490 g/mol. The highest BCUT2D eigenvalue weighted by Crippen LogP contribution is 2.33. The Hall–Kier alpha value is -3.58. The summed E-state index contributed by atoms with van der Waals surface area (Å²) >= 11 is 0. The molecule has 39 heavy (non-hydrogen) atoms. The summed E-state index contributed by atoms with van der Waals surface area (Å²) in [5, 5.41) is 3.25. The van der Waals surface area contributed by atoms with Crippen molar-refractivity contribution in [2.75, 3.05) is 36.1 Å². The molecule has 1 aliphatic carbocycles. The molecule has 206 valence electrons. The van der Waals surface area contributed by atoms with Crippen LogP contribution in [0.2, 0.25) is 0 Å². The average Bonchev–Trinajstić information content (AvgIpc) is 3.71. The van der Waals surface area contributed by atoms with Gasteiger partial charge in [-0.3, -0.25) is 14.5 Å². The van der Waals surface area contributed by atoms with Crippen molar-refractivity contribution in [1.82, 2.24) is 5.32 Å². The van der Waals surface area contributed by atoms with Crippen molar-refractivity contribution in [1.29, 1.82) is 0 Å². The van der Waals surface area contributed by atoms with Crippen LogP contribution in [0.5, 0.6) is 0 Å². The van der Waals surface area contributed by atoms with Gasteiger partial charge in [0.25, 0.3) is 5.91 Å². The zero-order chi connectivity index (χ0) is 27.2. The highest BCUT2D eigenvalue weighted by molar-refractivity contribution is 6.08. The minimum Gasteiger partial charge on any atom is -0.459 e. The molecule has 0 radical (unpaired) electrons. The lowest BCUT2D eigenvalue weighted by Gasteiger charge is -2.33. The van der Waals surface area contributed by atoms with Crippen LogP contribution in [0.4, 0.5) is 11.4 Å². The highest BCUT2D eigenvalue weighted by Gasteiger charge is 2.36. The van der Waals surface area contributed by atoms with Gasteiger partial charge in [0.15, 0.2) is 5.76 Å². The monoisotopic (exact) mass is 529 g/mol. The van der Waals surface area contributed by atoms with E-state index in [0.29, 0.717) is 24.8 Å². The van der Waals surface area contributed by atoms with Gasteiger partial charge in [-0.25, -0.2) is 0 Å². The van der Waals surface area contributed by atoms with Gasteiger partial charge in [-0.15, -0.1) is 0 Å². The van der Waals surface area contributed by atoms with Crippen molar-refractivity contribution in [2.45, 2.75) is 64.0 Å². The molecule has 1 saturated carbocycles. The quantitative estimate of drug-likeness (QED) is 0.364. The molecule has 7 nitrogen and oxygen atoms in total. The first kappa shape index (κ1) is 27.0. The van der Waals surface area contributed by atoms with Crippen LogP contribution in [-0.4, -0.2) is 44.2 Å². The van der Waals surface area contributed by atoms with E-state index >= 15 is 0 Å². The molecule has 1 aromatic heterocycles. The van der Waals surface area contributed by atoms with Crippen molar-refractivity contribution in [3.05, 3.63) is 83.8 Å². The molecule has 1 saturated heterocycles. The predicted octanol–water partition coefficient (Wildman–Crippen LogP) is 6.08. The van der Waals surface area contributed by atoms with Crippen LogP contribution < -0.4 is 15.1 Å². The molecule has 5 rings (SSSR count). The van der Waals surface area contributed by atoms with Gasteiger partial charge in [0.05, 0.1) is 19.5 Å². The van der Waals surface area contributed by atoms with E-state index in [0.717, 1.165) is 56.4 Å². The van der Waals surface area contributed by atoms with Gasteiger partial charge >= 0.3 is 0 Å². The zero-order valence-corrected chi connectivity index (χ0v) is 23.0. The summed E-state index contributed by atoms with van der Waals surface area (Å²) in [7, 11) is 0. The molecule has 2 heterocycles. The number of carbonyl (C=O) groups excluding carboxylic acids is 2. The van der Waals surface area contributed by atoms with Gasteiger partial charge in [-0.1, -0.05) is 51.0 Å². The molecular formula is C32H39N3O4. The number of morpholine rings is 1. The number of amides is 2. The molecule has 2 amide bonds. The third-order valence-electron chi connectivity index (χ3n) is 8.10. The van der Waals surface area contributed by atoms with Gasteiger partial charge in [0.1, 0.15) is 6.04 Å². The summed E-state index contributed by atoms with van der Waals surface area (Å²) in [6.45, 7) is 7.41. The van der Waals surface area contributed by atoms with Gasteiger partial charge in [-0.2, -0.15) is 0 Å². The second-order valence-electron chi connectivity index (χ2n) is 10.6. The molecule has 2 aromatic carbocycles. The van der Waals surface area contributed by atoms with Crippen molar-refractivity contribution in [3.63, 3.8) is 0 Å². The molecule has 0 unspecified atom stereocenters. The van der Waals surface area contributed by atoms with E-state index in [1.54, 1.807) is 17.0 Å². The normalized spacial score (nSPS) is 17.5. The maximum Gasteiger partial charge on any atom is 0.294 e. The van der Waals surface area contributed by atoms with E-state index < -0.39 is 6.04 Å². The fourth-order valence-corrected chi connectivity index (χ4v) is 5.56. The van der Waals surface area contributed by atoms with Crippen molar-refractivity contribution in [2.24, 2.45) is 0 Å². The molecule has 3 aromatic rings. The molecule has 0 spiro atoms. The first-order chi connectivity index (χ1) is 19.0. The SMILES string of the molecule is CC[C@@H](C)c1ccc(N(C(=O)c2ccco2)[C@@H](C(=O)NC2CCCC2)c2ccc(N3CCOCC3)cc2)cc1. The Morgan fingerprint density at radius 2 is 1.64 bits per heavy atom. The number of ether oxygens (including phenoxy) is 1. The number of benzene rings is 2. The predicted molar refractivity (Wildman–Crippen MR) is 153 cm³/mol. The van der Waals surface area contributed by atoms with Crippen LogP contribution in [0.3, 0.4) is 0 Å². The van der Waals surface area contributed by atoms with Crippen LogP contribution >= 0.6 is 0 Å². The Kier molecular flexibility index (Phi) is 8.67. The first-order valence-electron chi connectivity index (χ1n) is 14.2. The van der Waals surface area contributed by atoms with E-state index in [1.165, 1.54) is 11.8 Å². The van der Waals surface area contributed by atoms with E-state index in [2.05, 4.69) is 36.2 Å². The Labute approximate surface area is 231 Å². The average molecular weight is 530 g/mol. The lowest BCUT2D eigenvalue weighted by atomic mass is 9.97. The first-order valence-corrected chi connectivity index (χ1v) is 14.2. The molecule has 2 fully saturated rings. The highest BCUT2D eigenvalue weighted by atomic mass is 16.5. The van der Waals surface area contributed by atoms with E-state index in [4.69, 9.17) is 9.15 Å². The number of hydrogen-bond donors (Lipinski definition) is 1. The van der Waals surface area contributed by atoms with Crippen LogP contribution in [0.25, 0.3) is 0 Å². The second-order valence-corrected chi connectivity index (χ2v) is 10.6. The molecule has 1 aliphatic heterocycles. The van der Waals surface area contributed by atoms with Gasteiger partial charge in [0, 0.05) is 30.5 Å². The fraction of sp³-hybridized carbons (Fsp3) is 0.438. The molecule has 2 aliphatic rings. The van der Waals surface area contributed by atoms with E-state index in [9.17, 15) is 9.59 Å². The lowest BCUT2D eigenvalue weighted by Crippen LogP contribution is -2.46. The van der Waals surface area contributed by atoms with Gasteiger partial charge in [-0.05, 0) is 72.7 Å². The van der Waals surface area contributed by atoms with Crippen LogP contribution in [-0.2, 0) is 9.53 Å². The maximum atomic E-state index is 14.0. The number of rotatable bonds is 9. The van der Waals surface area contributed by atoms with Gasteiger partial charge in [0.2, 0.25) is 5.91 Å². The second kappa shape index (κ2) is 12.5. The summed E-state index contributed by atoms with van der Waals surface area (Å²) in [5.74, 6) is 0.0825. The standard InChI is InChI=1S/C32H39N3O4/c1-3-23(2)24-10-16-28(17-11-24)35(32(37)29-9-6-20-39-29)30(31(36)33-26-7-4-5-8-26)25-12-14-27(15-13-25)34-18-21-38-22-19-34/h6,9-17,20,23,26,30H,3-5,7-8,18-19,21-22H2,1-2H3,(H,33,36)/t23-,30-/m1/s1. The minimum atomic E-state index is -0.851. The summed E-state index contributed by atoms with van der Waals surface area (Å²) < 4.78 is 11.0. The summed E-state index contributed by atoms with van der Waals surface area (Å²) in [5.41, 5.74) is 3.70. The summed E-state index contributed by atoms with van der Waals surface area (Å²) in [6.07, 6.45) is 6.65. The number of carbonyl (C=O) groups is 2. The Bertz CT molecular complexity index is 1210. The largest absolute Gasteiger partial charge is 0.459 e. The Morgan fingerprint density at radius 3 is 2.26 bits per heavy atom. The molecule has 2 atom stereocenters. The summed E-state index contributed by atoms with van der Waals surface area (Å²) in [4.78, 5) is 31.9. The molecule has 1 N–H and O–H groups in total. The molecule has 7 heteroatoms. The van der Waals surface area contributed by atoms with Crippen LogP contribution in [0.15, 0.2) is 71.3 Å². The zero-order valence-electron chi connectivity index (χ0n) is 23.0. The number of nitrogens with zero attached hydrogens (tertiary/aromatic N) is 2. The van der Waals surface area contributed by atoms with Crippen molar-refractivity contribution >= 4 is 23.2 Å². The smallest absolute Gasteiger partial charge is 0.294 e. The van der Waals surface area contributed by atoms with E-state index in [1.807, 2.05) is 36.4 Å². The number of anilines is 2. The van der Waals surface area contributed by atoms with Crippen LogP contribution in [0, 0.1) is 0 Å². The number of nitrogens with one attached hydrogen (secondary N) is 1. The van der Waals surface area contributed by atoms with Gasteiger partial charge < -0.3 is 19.4 Å². The maximum absolute atomic E-state index is 14.0. The topological polar surface area (TPSA) is 75.0 Å². The Morgan fingerprint density at radius 1 is 0.974 bits per heavy atom. The Balaban J connectivity index is 1.54. The number of furan rings is 1. The van der Waals surface area contributed by atoms with Crippen molar-refractivity contribution in [3.8, 4) is 0 Å². The summed E-state index contributed by atoms with van der Waals surface area (Å²) in [6, 6.07) is 18.6. The minimum absolute atomic E-state index is 0.126. The lowest BCUT2D eigenvalue weighted by molar-refractivity contribution is -0.123. The third kappa shape index (κ3) is 6.19. The van der Waals surface area contributed by atoms with Crippen LogP contribution in [0.1, 0.15) is 79.6 Å². The number of hydrogen-bond acceptors (Lipinski definition) is 5. The third-order valence-corrected chi connectivity index (χ3v) is 8.10. The van der Waals surface area contributed by atoms with E-state index in [-0.39, 0.29) is 23.6 Å². The molecule has 0 bridgehead atoms. The fourth-order valence-electron chi connectivity index (χ4n) is 5.56.